The van der Waals surface area contributed by atoms with Crippen LogP contribution in [0.1, 0.15) is 53.9 Å². The number of benzene rings is 2. The summed E-state index contributed by atoms with van der Waals surface area (Å²) in [7, 11) is 4.51. The largest absolute Gasteiger partial charge is 0.542 e. The minimum atomic E-state index is -5.19. The number of hydrogen-bond donors (Lipinski definition) is 2. The summed E-state index contributed by atoms with van der Waals surface area (Å²) in [5.74, 6) is -5.49. The van der Waals surface area contributed by atoms with Crippen LogP contribution in [0.3, 0.4) is 0 Å². The highest BCUT2D eigenvalue weighted by Gasteiger charge is 2.36. The van der Waals surface area contributed by atoms with Crippen LogP contribution < -0.4 is 20.7 Å². The number of carboxylic acids is 3. The summed E-state index contributed by atoms with van der Waals surface area (Å²) in [6.07, 6.45) is -4.23. The molecule has 264 valence electrons. The summed E-state index contributed by atoms with van der Waals surface area (Å²) in [6.45, 7) is 3.21. The van der Waals surface area contributed by atoms with Gasteiger partial charge in [-0.3, -0.25) is 0 Å². The van der Waals surface area contributed by atoms with E-state index in [2.05, 4.69) is 48.7 Å². The van der Waals surface area contributed by atoms with Gasteiger partial charge < -0.3 is 44.4 Å². The van der Waals surface area contributed by atoms with Gasteiger partial charge in [0.15, 0.2) is 0 Å². The third-order valence-corrected chi connectivity index (χ3v) is 8.52. The van der Waals surface area contributed by atoms with Crippen LogP contribution in [0.15, 0.2) is 42.5 Å². The lowest BCUT2D eigenvalue weighted by Gasteiger charge is -2.39. The predicted molar refractivity (Wildman–Crippen MR) is 156 cm³/mol. The van der Waals surface area contributed by atoms with Gasteiger partial charge in [-0.05, 0) is 48.6 Å². The summed E-state index contributed by atoms with van der Waals surface area (Å²) < 4.78 is 72.8. The molecule has 0 bridgehead atoms. The Morgan fingerprint density at radius 3 is 2.04 bits per heavy atom. The fourth-order valence-electron chi connectivity index (χ4n) is 6.04. The van der Waals surface area contributed by atoms with Crippen LogP contribution in [0.4, 0.5) is 26.3 Å². The molecule has 16 heteroatoms. The molecule has 1 aliphatic carbocycles. The maximum Gasteiger partial charge on any atom is 0.430 e. The predicted octanol–water partition coefficient (Wildman–Crippen LogP) is 2.73. The zero-order chi connectivity index (χ0) is 36.0. The topological polar surface area (TPSA) is 159 Å². The molecule has 2 aromatic carbocycles. The first-order valence-electron chi connectivity index (χ1n) is 15.1. The Labute approximate surface area is 271 Å². The van der Waals surface area contributed by atoms with Crippen LogP contribution in [0.5, 0.6) is 5.75 Å². The van der Waals surface area contributed by atoms with Crippen molar-refractivity contribution in [2.45, 2.75) is 63.0 Å². The Bertz CT molecular complexity index is 1590. The zero-order valence-electron chi connectivity index (χ0n) is 26.3. The number of hydrogen-bond acceptors (Lipinski definition) is 6. The summed E-state index contributed by atoms with van der Waals surface area (Å²) in [5.41, 5.74) is 9.21. The molecule has 1 saturated carbocycles. The molecule has 1 unspecified atom stereocenters. The van der Waals surface area contributed by atoms with E-state index in [1.165, 1.54) is 48.7 Å². The number of ether oxygens (including phenoxy) is 1. The molecule has 10 nitrogen and oxygen atoms in total. The van der Waals surface area contributed by atoms with Crippen LogP contribution >= 0.6 is 0 Å². The van der Waals surface area contributed by atoms with Crippen molar-refractivity contribution in [2.75, 3.05) is 33.8 Å². The van der Waals surface area contributed by atoms with Gasteiger partial charge in [0, 0.05) is 16.5 Å². The van der Waals surface area contributed by atoms with Crippen molar-refractivity contribution in [3.05, 3.63) is 53.6 Å². The number of nitrogens with zero attached hydrogens (tertiary/aromatic N) is 2. The summed E-state index contributed by atoms with van der Waals surface area (Å²) >= 11 is 0. The number of aliphatic carboxylic acids is 2. The van der Waals surface area contributed by atoms with E-state index < -0.39 is 30.3 Å². The van der Waals surface area contributed by atoms with Crippen LogP contribution in [-0.4, -0.2) is 84.3 Å². The first-order chi connectivity index (χ1) is 22.3. The maximum absolute atomic E-state index is 11.9. The number of carbonyl (C=O) groups excluding carboxylic acids is 2. The van der Waals surface area contributed by atoms with Crippen molar-refractivity contribution in [2.24, 2.45) is 0 Å². The summed E-state index contributed by atoms with van der Waals surface area (Å²) in [5, 5.41) is 28.5. The number of quaternary nitrogens is 2. The Morgan fingerprint density at radius 2 is 1.52 bits per heavy atom. The highest BCUT2D eigenvalue weighted by molar-refractivity contribution is 5.98. The molecule has 0 amide bonds. The molecule has 48 heavy (non-hydrogen) atoms. The van der Waals surface area contributed by atoms with Crippen LogP contribution in [-0.2, 0) is 16.1 Å². The second kappa shape index (κ2) is 15.3. The lowest BCUT2D eigenvalue weighted by atomic mass is 9.81. The smallest absolute Gasteiger partial charge is 0.430 e. The number of aromatic nitrogens is 1. The minimum absolute atomic E-state index is 0.220. The molecular formula is C32H37F6N3O7. The van der Waals surface area contributed by atoms with Crippen molar-refractivity contribution < 1.29 is 71.0 Å². The maximum atomic E-state index is 11.9. The fourth-order valence-corrected chi connectivity index (χ4v) is 6.04. The van der Waals surface area contributed by atoms with Crippen LogP contribution in [0.25, 0.3) is 22.2 Å². The molecule has 2 heterocycles. The second-order valence-corrected chi connectivity index (χ2v) is 12.1. The Hall–Kier alpha value is -4.31. The standard InChI is InChI=1S/C28H35N3O3.2C2HF3O2/c1-31(2,15-14-29)21-17-30-24-16-20(28(32)33)12-13-22(24)26(19-8-4-3-5-9-19)27(30)23-10-6-7-11-25(23)34-18-21;2*3-2(4,5)1(6)7/h6-7,10-13,16,19,21H,3-5,8-9,14-15,17-18,29H2,1-2H3;2*(H,6,7). The van der Waals surface area contributed by atoms with Crippen molar-refractivity contribution >= 4 is 28.8 Å². The highest BCUT2D eigenvalue weighted by atomic mass is 19.4. The van der Waals surface area contributed by atoms with Gasteiger partial charge in [-0.2, -0.15) is 26.3 Å². The van der Waals surface area contributed by atoms with Gasteiger partial charge in [0.1, 0.15) is 43.4 Å². The van der Waals surface area contributed by atoms with Gasteiger partial charge in [0.25, 0.3) is 0 Å². The van der Waals surface area contributed by atoms with E-state index in [-0.39, 0.29) is 6.04 Å². The van der Waals surface area contributed by atoms with E-state index in [1.807, 2.05) is 12.1 Å². The van der Waals surface area contributed by atoms with Crippen molar-refractivity contribution in [3.63, 3.8) is 0 Å². The van der Waals surface area contributed by atoms with E-state index in [1.54, 1.807) is 6.07 Å². The summed E-state index contributed by atoms with van der Waals surface area (Å²) in [4.78, 5) is 29.5. The molecular weight excluding hydrogens is 652 g/mol. The molecule has 1 aromatic heterocycles. The number of fused-ring (bicyclic) bond motifs is 5. The first kappa shape index (κ1) is 38.1. The van der Waals surface area contributed by atoms with Crippen molar-refractivity contribution in [1.29, 1.82) is 0 Å². The van der Waals surface area contributed by atoms with E-state index >= 15 is 0 Å². The zero-order valence-corrected chi connectivity index (χ0v) is 26.3. The Morgan fingerprint density at radius 1 is 0.958 bits per heavy atom. The van der Waals surface area contributed by atoms with Gasteiger partial charge in [-0.1, -0.05) is 37.5 Å². The van der Waals surface area contributed by atoms with Gasteiger partial charge >= 0.3 is 18.3 Å². The third-order valence-electron chi connectivity index (χ3n) is 8.52. The SMILES string of the molecule is C[N+](C)(CC[NH3+])C1COc2ccccc2-c2c(C3CCCCC3)c3ccc(C(=O)O)cc3n2C1.O=C([O-])C(F)(F)F.O=C([O-])C(F)(F)F. The quantitative estimate of drug-likeness (QED) is 0.308. The van der Waals surface area contributed by atoms with E-state index in [4.69, 9.17) is 24.5 Å². The third kappa shape index (κ3) is 9.18. The van der Waals surface area contributed by atoms with E-state index in [0.717, 1.165) is 40.9 Å². The average Bonchev–Trinajstić information content (AvgIpc) is 3.30. The molecule has 1 fully saturated rings. The second-order valence-electron chi connectivity index (χ2n) is 12.1. The lowest BCUT2D eigenvalue weighted by Crippen LogP contribution is -2.62. The number of carbonyl (C=O) groups is 3. The number of aromatic carboxylic acids is 1. The van der Waals surface area contributed by atoms with Gasteiger partial charge in [-0.25, -0.2) is 4.79 Å². The molecule has 5 rings (SSSR count). The molecule has 2 aliphatic rings. The van der Waals surface area contributed by atoms with Crippen molar-refractivity contribution in [3.8, 4) is 17.0 Å². The number of halogens is 6. The number of alkyl halides is 6. The Kier molecular flexibility index (Phi) is 12.1. The molecule has 3 aromatic rings. The van der Waals surface area contributed by atoms with E-state index in [9.17, 15) is 36.2 Å². The number of para-hydroxylation sites is 1. The van der Waals surface area contributed by atoms with Gasteiger partial charge in [0.2, 0.25) is 0 Å². The number of carboxylic acid groups (broad SMARTS) is 3. The van der Waals surface area contributed by atoms with Gasteiger partial charge in [0.05, 0.1) is 31.9 Å². The normalized spacial score (nSPS) is 16.8. The van der Waals surface area contributed by atoms with Crippen LogP contribution in [0.2, 0.25) is 0 Å². The highest BCUT2D eigenvalue weighted by Crippen LogP contribution is 2.47. The molecule has 0 radical (unpaired) electrons. The van der Waals surface area contributed by atoms with Crippen LogP contribution in [0, 0.1) is 0 Å². The Balaban J connectivity index is 0.000000376. The van der Waals surface area contributed by atoms with Gasteiger partial charge in [-0.15, -0.1) is 0 Å². The molecule has 1 atom stereocenters. The first-order valence-corrected chi connectivity index (χ1v) is 15.1. The molecule has 0 saturated heterocycles. The molecule has 4 N–H and O–H groups in total. The monoisotopic (exact) mass is 689 g/mol. The average molecular weight is 690 g/mol. The fraction of sp³-hybridized carbons (Fsp3) is 0.469. The lowest BCUT2D eigenvalue weighted by molar-refractivity contribution is -0.920. The van der Waals surface area contributed by atoms with Crippen molar-refractivity contribution in [1.82, 2.24) is 4.57 Å². The number of rotatable bonds is 5. The minimum Gasteiger partial charge on any atom is -0.542 e. The summed E-state index contributed by atoms with van der Waals surface area (Å²) in [6, 6.07) is 14.3. The van der Waals surface area contributed by atoms with E-state index in [0.29, 0.717) is 18.1 Å². The number of likely N-dealkylation sites (N-methyl/N-ethyl adjacent to an activating group) is 1. The molecule has 0 spiro atoms. The molecule has 1 aliphatic heterocycles.